The Morgan fingerprint density at radius 3 is 2.43 bits per heavy atom. The van der Waals surface area contributed by atoms with E-state index in [9.17, 15) is 4.79 Å². The molecule has 0 unspecified atom stereocenters. The number of anilines is 1. The number of hydrogen-bond donors (Lipinski definition) is 2. The standard InChI is InChI=1S/C16H22N4O/c1-11-5-7-14(8-6-11)18-16(21)10-17-9-15-12(2)19-20(4)13(15)3/h5-8,17H,9-10H2,1-4H3,(H,18,21). The number of carbonyl (C=O) groups excluding carboxylic acids is 1. The summed E-state index contributed by atoms with van der Waals surface area (Å²) in [6.45, 7) is 6.96. The molecule has 2 N–H and O–H groups in total. The first kappa shape index (κ1) is 15.3. The van der Waals surface area contributed by atoms with Gasteiger partial charge < -0.3 is 10.6 Å². The third kappa shape index (κ3) is 3.92. The van der Waals surface area contributed by atoms with E-state index in [0.717, 1.165) is 22.6 Å². The van der Waals surface area contributed by atoms with Crippen LogP contribution in [0, 0.1) is 20.8 Å². The van der Waals surface area contributed by atoms with Crippen LogP contribution >= 0.6 is 0 Å². The highest BCUT2D eigenvalue weighted by Gasteiger charge is 2.09. The molecule has 0 aliphatic heterocycles. The number of hydrogen-bond acceptors (Lipinski definition) is 3. The first-order valence-corrected chi connectivity index (χ1v) is 7.03. The first-order chi connectivity index (χ1) is 9.97. The minimum atomic E-state index is -0.0435. The molecule has 1 aromatic heterocycles. The highest BCUT2D eigenvalue weighted by atomic mass is 16.1. The van der Waals surface area contributed by atoms with Crippen LogP contribution in [0.15, 0.2) is 24.3 Å². The summed E-state index contributed by atoms with van der Waals surface area (Å²) in [5, 5.41) is 10.4. The maximum Gasteiger partial charge on any atom is 0.238 e. The normalized spacial score (nSPS) is 10.7. The Balaban J connectivity index is 1.83. The van der Waals surface area contributed by atoms with Crippen molar-refractivity contribution in [3.05, 3.63) is 46.8 Å². The summed E-state index contributed by atoms with van der Waals surface area (Å²) in [6.07, 6.45) is 0. The third-order valence-electron chi connectivity index (χ3n) is 3.58. The second kappa shape index (κ2) is 6.54. The summed E-state index contributed by atoms with van der Waals surface area (Å²) in [6, 6.07) is 7.77. The van der Waals surface area contributed by atoms with Crippen LogP contribution in [-0.2, 0) is 18.4 Å². The van der Waals surface area contributed by atoms with Gasteiger partial charge in [-0.1, -0.05) is 17.7 Å². The summed E-state index contributed by atoms with van der Waals surface area (Å²) in [4.78, 5) is 11.9. The number of amides is 1. The monoisotopic (exact) mass is 286 g/mol. The van der Waals surface area contributed by atoms with Crippen molar-refractivity contribution >= 4 is 11.6 Å². The zero-order valence-electron chi connectivity index (χ0n) is 13.0. The summed E-state index contributed by atoms with van der Waals surface area (Å²) < 4.78 is 1.86. The lowest BCUT2D eigenvalue weighted by atomic mass is 10.2. The van der Waals surface area contributed by atoms with Crippen molar-refractivity contribution < 1.29 is 4.79 Å². The fourth-order valence-corrected chi connectivity index (χ4v) is 2.22. The lowest BCUT2D eigenvalue weighted by Gasteiger charge is -2.07. The molecule has 0 radical (unpaired) electrons. The molecule has 2 aromatic rings. The molecule has 0 aliphatic rings. The zero-order valence-corrected chi connectivity index (χ0v) is 13.0. The minimum absolute atomic E-state index is 0.0435. The molecule has 0 spiro atoms. The van der Waals surface area contributed by atoms with Crippen LogP contribution in [0.1, 0.15) is 22.5 Å². The van der Waals surface area contributed by atoms with Crippen molar-refractivity contribution in [1.82, 2.24) is 15.1 Å². The second-order valence-corrected chi connectivity index (χ2v) is 5.29. The van der Waals surface area contributed by atoms with Crippen LogP contribution < -0.4 is 10.6 Å². The lowest BCUT2D eigenvalue weighted by Crippen LogP contribution is -2.28. The van der Waals surface area contributed by atoms with Gasteiger partial charge >= 0.3 is 0 Å². The van der Waals surface area contributed by atoms with E-state index in [1.54, 1.807) is 0 Å². The van der Waals surface area contributed by atoms with E-state index in [2.05, 4.69) is 15.7 Å². The van der Waals surface area contributed by atoms with Crippen LogP contribution in [0.4, 0.5) is 5.69 Å². The van der Waals surface area contributed by atoms with Crippen molar-refractivity contribution in [2.24, 2.45) is 7.05 Å². The molecular formula is C16H22N4O. The van der Waals surface area contributed by atoms with E-state index >= 15 is 0 Å². The Morgan fingerprint density at radius 2 is 1.86 bits per heavy atom. The summed E-state index contributed by atoms with van der Waals surface area (Å²) in [7, 11) is 1.93. The topological polar surface area (TPSA) is 59.0 Å². The molecule has 0 fully saturated rings. The Hall–Kier alpha value is -2.14. The van der Waals surface area contributed by atoms with E-state index in [4.69, 9.17) is 0 Å². The molecule has 0 saturated carbocycles. The molecule has 112 valence electrons. The molecule has 21 heavy (non-hydrogen) atoms. The van der Waals surface area contributed by atoms with Crippen molar-refractivity contribution in [1.29, 1.82) is 0 Å². The van der Waals surface area contributed by atoms with Crippen LogP contribution in [0.3, 0.4) is 0 Å². The van der Waals surface area contributed by atoms with E-state index in [1.165, 1.54) is 5.56 Å². The van der Waals surface area contributed by atoms with Gasteiger partial charge in [-0.2, -0.15) is 5.10 Å². The molecule has 0 bridgehead atoms. The predicted molar refractivity (Wildman–Crippen MR) is 84.2 cm³/mol. The Morgan fingerprint density at radius 1 is 1.19 bits per heavy atom. The number of carbonyl (C=O) groups is 1. The van der Waals surface area contributed by atoms with Gasteiger partial charge in [0, 0.05) is 30.5 Å². The average Bonchev–Trinajstić information content (AvgIpc) is 2.68. The Kier molecular flexibility index (Phi) is 4.75. The van der Waals surface area contributed by atoms with Gasteiger partial charge in [-0.05, 0) is 32.9 Å². The number of nitrogens with zero attached hydrogens (tertiary/aromatic N) is 2. The smallest absolute Gasteiger partial charge is 0.238 e. The molecule has 5 nitrogen and oxygen atoms in total. The average molecular weight is 286 g/mol. The quantitative estimate of drug-likeness (QED) is 0.884. The molecule has 1 aromatic carbocycles. The largest absolute Gasteiger partial charge is 0.325 e. The fourth-order valence-electron chi connectivity index (χ4n) is 2.22. The maximum atomic E-state index is 11.9. The highest BCUT2D eigenvalue weighted by Crippen LogP contribution is 2.11. The van der Waals surface area contributed by atoms with Gasteiger partial charge in [0.15, 0.2) is 0 Å². The van der Waals surface area contributed by atoms with E-state index < -0.39 is 0 Å². The maximum absolute atomic E-state index is 11.9. The van der Waals surface area contributed by atoms with Gasteiger partial charge in [-0.3, -0.25) is 9.48 Å². The predicted octanol–water partition coefficient (Wildman–Crippen LogP) is 2.07. The van der Waals surface area contributed by atoms with Crippen LogP contribution in [0.5, 0.6) is 0 Å². The van der Waals surface area contributed by atoms with Gasteiger partial charge in [0.1, 0.15) is 0 Å². The number of rotatable bonds is 5. The van der Waals surface area contributed by atoms with E-state index in [-0.39, 0.29) is 12.5 Å². The van der Waals surface area contributed by atoms with Gasteiger partial charge in [0.05, 0.1) is 12.2 Å². The molecule has 5 heteroatoms. The number of benzene rings is 1. The zero-order chi connectivity index (χ0) is 15.4. The van der Waals surface area contributed by atoms with E-state index in [0.29, 0.717) is 6.54 Å². The minimum Gasteiger partial charge on any atom is -0.325 e. The molecule has 1 heterocycles. The number of aromatic nitrogens is 2. The van der Waals surface area contributed by atoms with Crippen LogP contribution in [0.2, 0.25) is 0 Å². The van der Waals surface area contributed by atoms with Crippen LogP contribution in [-0.4, -0.2) is 22.2 Å². The molecule has 2 rings (SSSR count). The molecule has 0 atom stereocenters. The van der Waals surface area contributed by atoms with Crippen LogP contribution in [0.25, 0.3) is 0 Å². The van der Waals surface area contributed by atoms with E-state index in [1.807, 2.05) is 56.8 Å². The first-order valence-electron chi connectivity index (χ1n) is 7.03. The van der Waals surface area contributed by atoms with Gasteiger partial charge in [-0.15, -0.1) is 0 Å². The van der Waals surface area contributed by atoms with Crippen molar-refractivity contribution in [2.75, 3.05) is 11.9 Å². The Bertz CT molecular complexity index is 628. The third-order valence-corrected chi connectivity index (χ3v) is 3.58. The molecule has 0 aliphatic carbocycles. The SMILES string of the molecule is Cc1ccc(NC(=O)CNCc2c(C)nn(C)c2C)cc1. The van der Waals surface area contributed by atoms with Crippen molar-refractivity contribution in [3.8, 4) is 0 Å². The highest BCUT2D eigenvalue weighted by molar-refractivity contribution is 5.92. The molecule has 1 amide bonds. The van der Waals surface area contributed by atoms with Gasteiger partial charge in [0.2, 0.25) is 5.91 Å². The van der Waals surface area contributed by atoms with Crippen molar-refractivity contribution in [3.63, 3.8) is 0 Å². The summed E-state index contributed by atoms with van der Waals surface area (Å²) in [5.41, 5.74) is 5.27. The van der Waals surface area contributed by atoms with Gasteiger partial charge in [-0.25, -0.2) is 0 Å². The second-order valence-electron chi connectivity index (χ2n) is 5.29. The summed E-state index contributed by atoms with van der Waals surface area (Å²) in [5.74, 6) is -0.0435. The van der Waals surface area contributed by atoms with Gasteiger partial charge in [0.25, 0.3) is 0 Å². The van der Waals surface area contributed by atoms with Crippen molar-refractivity contribution in [2.45, 2.75) is 27.3 Å². The molecular weight excluding hydrogens is 264 g/mol. The Labute approximate surface area is 125 Å². The number of aryl methyl sites for hydroxylation is 3. The fraction of sp³-hybridized carbons (Fsp3) is 0.375. The number of nitrogens with one attached hydrogen (secondary N) is 2. The lowest BCUT2D eigenvalue weighted by molar-refractivity contribution is -0.115. The molecule has 0 saturated heterocycles. The summed E-state index contributed by atoms with van der Waals surface area (Å²) >= 11 is 0.